The first-order valence-corrected chi connectivity index (χ1v) is 5.90. The minimum absolute atomic E-state index is 0.0226. The Morgan fingerprint density at radius 2 is 2.00 bits per heavy atom. The lowest BCUT2D eigenvalue weighted by Gasteiger charge is -2.24. The summed E-state index contributed by atoms with van der Waals surface area (Å²) < 4.78 is 11.1. The summed E-state index contributed by atoms with van der Waals surface area (Å²) in [5, 5.41) is 10.6. The molecule has 2 atom stereocenters. The maximum atomic E-state index is 10.6. The van der Waals surface area contributed by atoms with E-state index in [4.69, 9.17) is 15.2 Å². The molecular formula is C12H16N2O4. The summed E-state index contributed by atoms with van der Waals surface area (Å²) in [6.45, 7) is 1.01. The van der Waals surface area contributed by atoms with Gasteiger partial charge in [0.05, 0.1) is 18.1 Å². The van der Waals surface area contributed by atoms with Crippen molar-refractivity contribution in [3.8, 4) is 0 Å². The van der Waals surface area contributed by atoms with Crippen molar-refractivity contribution < 1.29 is 14.4 Å². The van der Waals surface area contributed by atoms with Crippen LogP contribution in [0, 0.1) is 10.1 Å². The lowest BCUT2D eigenvalue weighted by atomic mass is 10.1. The summed E-state index contributed by atoms with van der Waals surface area (Å²) in [6.07, 6.45) is 1.29. The smallest absolute Gasteiger partial charge is 0.269 e. The van der Waals surface area contributed by atoms with Gasteiger partial charge in [-0.3, -0.25) is 10.1 Å². The van der Waals surface area contributed by atoms with Crippen LogP contribution < -0.4 is 5.73 Å². The molecule has 18 heavy (non-hydrogen) atoms. The molecule has 0 aromatic heterocycles. The van der Waals surface area contributed by atoms with E-state index in [1.54, 1.807) is 12.1 Å². The number of hydrogen-bond donors (Lipinski definition) is 1. The largest absolute Gasteiger partial charge is 0.348 e. The topological polar surface area (TPSA) is 87.6 Å². The fourth-order valence-electron chi connectivity index (χ4n) is 1.82. The van der Waals surface area contributed by atoms with Gasteiger partial charge in [-0.1, -0.05) is 0 Å². The lowest BCUT2D eigenvalue weighted by Crippen LogP contribution is -2.30. The standard InChI is InChI=1S/C12H16N2O4/c13-10-2-1-7-17-12(18-8-10)9-3-5-11(6-4-9)14(15)16/h3-6,10,12H,1-2,7-8,13H2/t10-,12-/m0/s1. The summed E-state index contributed by atoms with van der Waals surface area (Å²) in [7, 11) is 0. The molecule has 2 rings (SSSR count). The van der Waals surface area contributed by atoms with Crippen molar-refractivity contribution in [3.63, 3.8) is 0 Å². The summed E-state index contributed by atoms with van der Waals surface area (Å²) in [4.78, 5) is 10.1. The predicted octanol–water partition coefficient (Wildman–Crippen LogP) is 1.75. The molecule has 0 spiro atoms. The fraction of sp³-hybridized carbons (Fsp3) is 0.500. The Morgan fingerprint density at radius 3 is 2.67 bits per heavy atom. The van der Waals surface area contributed by atoms with Crippen LogP contribution in [0.5, 0.6) is 0 Å². The zero-order valence-corrected chi connectivity index (χ0v) is 9.95. The van der Waals surface area contributed by atoms with Crippen LogP contribution in [-0.4, -0.2) is 24.2 Å². The highest BCUT2D eigenvalue weighted by molar-refractivity contribution is 5.33. The average Bonchev–Trinajstić information content (AvgIpc) is 2.35. The fourth-order valence-corrected chi connectivity index (χ4v) is 1.82. The van der Waals surface area contributed by atoms with E-state index in [1.807, 2.05) is 0 Å². The molecule has 0 radical (unpaired) electrons. The number of non-ortho nitro benzene ring substituents is 1. The number of ether oxygens (including phenoxy) is 2. The van der Waals surface area contributed by atoms with E-state index in [0.717, 1.165) is 18.4 Å². The highest BCUT2D eigenvalue weighted by Gasteiger charge is 2.18. The predicted molar refractivity (Wildman–Crippen MR) is 65.0 cm³/mol. The van der Waals surface area contributed by atoms with Crippen molar-refractivity contribution in [1.82, 2.24) is 0 Å². The molecular weight excluding hydrogens is 236 g/mol. The third-order valence-electron chi connectivity index (χ3n) is 2.83. The van der Waals surface area contributed by atoms with Crippen LogP contribution in [0.15, 0.2) is 24.3 Å². The first-order chi connectivity index (χ1) is 8.66. The summed E-state index contributed by atoms with van der Waals surface area (Å²) in [5.41, 5.74) is 6.67. The van der Waals surface area contributed by atoms with E-state index in [1.165, 1.54) is 12.1 Å². The first kappa shape index (κ1) is 12.9. The van der Waals surface area contributed by atoms with Crippen LogP contribution in [0.1, 0.15) is 24.7 Å². The van der Waals surface area contributed by atoms with Gasteiger partial charge in [0, 0.05) is 23.7 Å². The molecule has 6 heteroatoms. The molecule has 0 amide bonds. The summed E-state index contributed by atoms with van der Waals surface area (Å²) in [5.74, 6) is 0. The van der Waals surface area contributed by atoms with Crippen molar-refractivity contribution in [1.29, 1.82) is 0 Å². The Hall–Kier alpha value is -1.50. The van der Waals surface area contributed by atoms with Crippen LogP contribution in [0.4, 0.5) is 5.69 Å². The van der Waals surface area contributed by atoms with Gasteiger partial charge in [-0.15, -0.1) is 0 Å². The lowest BCUT2D eigenvalue weighted by molar-refractivity contribution is -0.384. The number of nitro groups is 1. The minimum Gasteiger partial charge on any atom is -0.348 e. The van der Waals surface area contributed by atoms with E-state index in [-0.39, 0.29) is 11.7 Å². The molecule has 6 nitrogen and oxygen atoms in total. The average molecular weight is 252 g/mol. The van der Waals surface area contributed by atoms with Gasteiger partial charge in [0.25, 0.3) is 5.69 Å². The Balaban J connectivity index is 2.06. The van der Waals surface area contributed by atoms with Gasteiger partial charge in [-0.25, -0.2) is 0 Å². The van der Waals surface area contributed by atoms with E-state index in [0.29, 0.717) is 13.2 Å². The molecule has 1 fully saturated rings. The van der Waals surface area contributed by atoms with Gasteiger partial charge in [0.1, 0.15) is 0 Å². The molecule has 1 aliphatic heterocycles. The van der Waals surface area contributed by atoms with Gasteiger partial charge in [0.2, 0.25) is 0 Å². The molecule has 0 aliphatic carbocycles. The highest BCUT2D eigenvalue weighted by atomic mass is 16.7. The van der Waals surface area contributed by atoms with Crippen LogP contribution in [0.25, 0.3) is 0 Å². The number of rotatable bonds is 2. The van der Waals surface area contributed by atoms with Crippen molar-refractivity contribution in [2.24, 2.45) is 5.73 Å². The second-order valence-electron chi connectivity index (χ2n) is 4.29. The van der Waals surface area contributed by atoms with Gasteiger partial charge in [-0.05, 0) is 25.0 Å². The van der Waals surface area contributed by atoms with Crippen LogP contribution in [0.3, 0.4) is 0 Å². The van der Waals surface area contributed by atoms with Crippen molar-refractivity contribution >= 4 is 5.69 Å². The zero-order valence-electron chi connectivity index (χ0n) is 9.95. The van der Waals surface area contributed by atoms with Crippen molar-refractivity contribution in [2.45, 2.75) is 25.2 Å². The Labute approximate surface area is 105 Å². The van der Waals surface area contributed by atoms with Gasteiger partial charge >= 0.3 is 0 Å². The van der Waals surface area contributed by atoms with Crippen LogP contribution >= 0.6 is 0 Å². The second-order valence-corrected chi connectivity index (χ2v) is 4.29. The molecule has 0 saturated carbocycles. The Kier molecular flexibility index (Phi) is 4.24. The van der Waals surface area contributed by atoms with Crippen LogP contribution in [-0.2, 0) is 9.47 Å². The van der Waals surface area contributed by atoms with E-state index < -0.39 is 11.2 Å². The van der Waals surface area contributed by atoms with Crippen LogP contribution in [0.2, 0.25) is 0 Å². The van der Waals surface area contributed by atoms with E-state index in [9.17, 15) is 10.1 Å². The molecule has 1 aromatic carbocycles. The van der Waals surface area contributed by atoms with E-state index >= 15 is 0 Å². The summed E-state index contributed by atoms with van der Waals surface area (Å²) >= 11 is 0. The minimum atomic E-state index is -0.489. The number of benzene rings is 1. The first-order valence-electron chi connectivity index (χ1n) is 5.90. The quantitative estimate of drug-likeness (QED) is 0.640. The number of nitrogens with zero attached hydrogens (tertiary/aromatic N) is 1. The Morgan fingerprint density at radius 1 is 1.28 bits per heavy atom. The molecule has 1 aromatic rings. The zero-order chi connectivity index (χ0) is 13.0. The normalized spacial score (nSPS) is 25.2. The summed E-state index contributed by atoms with van der Waals surface area (Å²) in [6, 6.07) is 6.21. The van der Waals surface area contributed by atoms with Crippen molar-refractivity contribution in [3.05, 3.63) is 39.9 Å². The third kappa shape index (κ3) is 3.25. The molecule has 1 heterocycles. The number of hydrogen-bond acceptors (Lipinski definition) is 5. The van der Waals surface area contributed by atoms with E-state index in [2.05, 4.69) is 0 Å². The monoisotopic (exact) mass is 252 g/mol. The van der Waals surface area contributed by atoms with Gasteiger partial charge in [0.15, 0.2) is 6.29 Å². The van der Waals surface area contributed by atoms with Gasteiger partial charge < -0.3 is 15.2 Å². The molecule has 2 N–H and O–H groups in total. The highest BCUT2D eigenvalue weighted by Crippen LogP contribution is 2.23. The third-order valence-corrected chi connectivity index (χ3v) is 2.83. The molecule has 0 bridgehead atoms. The SMILES string of the molecule is N[C@H]1CCCO[C@H](c2ccc([N+](=O)[O-])cc2)OC1. The number of nitro benzene ring substituents is 1. The molecule has 1 aliphatic rings. The number of nitrogens with two attached hydrogens (primary N) is 1. The Bertz CT molecular complexity index is 407. The van der Waals surface area contributed by atoms with Crippen molar-refractivity contribution in [2.75, 3.05) is 13.2 Å². The maximum Gasteiger partial charge on any atom is 0.269 e. The molecule has 1 saturated heterocycles. The second kappa shape index (κ2) is 5.90. The molecule has 0 unspecified atom stereocenters. The maximum absolute atomic E-state index is 10.6. The van der Waals surface area contributed by atoms with Gasteiger partial charge in [-0.2, -0.15) is 0 Å². The molecule has 98 valence electrons.